The van der Waals surface area contributed by atoms with E-state index < -0.39 is 10.9 Å². The lowest BCUT2D eigenvalue weighted by molar-refractivity contribution is -0.385. The average Bonchev–Trinajstić information content (AvgIpc) is 3.08. The molecule has 3 aliphatic carbocycles. The number of esters is 1. The highest BCUT2D eigenvalue weighted by Crippen LogP contribution is 2.59. The molecule has 2 aromatic carbocycles. The minimum atomic E-state index is -0.723. The minimum Gasteiger partial charge on any atom is -0.423 e. The summed E-state index contributed by atoms with van der Waals surface area (Å²) in [7, 11) is 0. The highest BCUT2D eigenvalue weighted by molar-refractivity contribution is 5.95. The molecular formula is C25H25NO5. The van der Waals surface area contributed by atoms with Gasteiger partial charge in [-0.3, -0.25) is 14.9 Å². The molecule has 3 aliphatic rings. The molecule has 5 rings (SSSR count). The van der Waals surface area contributed by atoms with Gasteiger partial charge in [0, 0.05) is 17.9 Å². The number of nitro benzene ring substituents is 1. The maximum atomic E-state index is 12.6. The van der Waals surface area contributed by atoms with Crippen molar-refractivity contribution in [1.29, 1.82) is 0 Å². The van der Waals surface area contributed by atoms with Crippen LogP contribution in [-0.2, 0) is 11.2 Å². The summed E-state index contributed by atoms with van der Waals surface area (Å²) in [6.07, 6.45) is 5.65. The Hall–Kier alpha value is -3.02. The number of nitro groups is 1. The first-order valence-electron chi connectivity index (χ1n) is 11.0. The first-order chi connectivity index (χ1) is 14.9. The molecule has 0 heterocycles. The number of carbonyl (C=O) groups excluding carboxylic acids is 2. The maximum absolute atomic E-state index is 12.6. The highest BCUT2D eigenvalue weighted by atomic mass is 16.6. The zero-order chi connectivity index (χ0) is 21.8. The molecule has 0 N–H and O–H groups in total. The Bertz CT molecular complexity index is 1090. The van der Waals surface area contributed by atoms with Crippen LogP contribution < -0.4 is 4.74 Å². The van der Waals surface area contributed by atoms with Crippen LogP contribution in [0.3, 0.4) is 0 Å². The zero-order valence-corrected chi connectivity index (χ0v) is 17.5. The van der Waals surface area contributed by atoms with E-state index in [0.29, 0.717) is 29.3 Å². The van der Waals surface area contributed by atoms with E-state index in [9.17, 15) is 19.7 Å². The Morgan fingerprint density at radius 1 is 1.13 bits per heavy atom. The Morgan fingerprint density at radius 2 is 1.94 bits per heavy atom. The number of para-hydroxylation sites is 1. The van der Waals surface area contributed by atoms with Gasteiger partial charge in [-0.1, -0.05) is 25.1 Å². The van der Waals surface area contributed by atoms with Crippen LogP contribution >= 0.6 is 0 Å². The van der Waals surface area contributed by atoms with Crippen LogP contribution in [-0.4, -0.2) is 16.7 Å². The summed E-state index contributed by atoms with van der Waals surface area (Å²) in [4.78, 5) is 35.7. The van der Waals surface area contributed by atoms with Gasteiger partial charge < -0.3 is 4.74 Å². The van der Waals surface area contributed by atoms with Gasteiger partial charge >= 0.3 is 5.97 Å². The summed E-state index contributed by atoms with van der Waals surface area (Å²) in [6.45, 7) is 2.17. The number of Topliss-reactive ketones (excluding diaryl/α,β-unsaturated/α-hetero) is 1. The quantitative estimate of drug-likeness (QED) is 0.294. The predicted octanol–water partition coefficient (Wildman–Crippen LogP) is 5.24. The number of carbonyl (C=O) groups is 2. The van der Waals surface area contributed by atoms with Crippen molar-refractivity contribution in [2.45, 2.75) is 51.4 Å². The molecule has 160 valence electrons. The Balaban J connectivity index is 1.38. The van der Waals surface area contributed by atoms with Gasteiger partial charge in [0.05, 0.1) is 4.92 Å². The molecule has 0 unspecified atom stereocenters. The van der Waals surface area contributed by atoms with Crippen molar-refractivity contribution in [2.75, 3.05) is 0 Å². The molecular weight excluding hydrogens is 394 g/mol. The largest absolute Gasteiger partial charge is 0.423 e. The molecule has 4 atom stereocenters. The minimum absolute atomic E-state index is 0.0530. The Morgan fingerprint density at radius 3 is 2.74 bits per heavy atom. The number of aryl methyl sites for hydroxylation is 1. The summed E-state index contributed by atoms with van der Waals surface area (Å²) >= 11 is 0. The van der Waals surface area contributed by atoms with E-state index in [2.05, 4.69) is 6.92 Å². The molecule has 2 saturated carbocycles. The molecule has 2 fully saturated rings. The van der Waals surface area contributed by atoms with Crippen LogP contribution in [0.25, 0.3) is 0 Å². The first-order valence-corrected chi connectivity index (χ1v) is 11.0. The van der Waals surface area contributed by atoms with Crippen molar-refractivity contribution in [3.05, 3.63) is 69.3 Å². The summed E-state index contributed by atoms with van der Waals surface area (Å²) in [5.41, 5.74) is 2.04. The molecule has 2 aromatic rings. The number of nitrogens with zero attached hydrogens (tertiary/aromatic N) is 1. The molecule has 0 saturated heterocycles. The number of fused-ring (bicyclic) bond motifs is 5. The topological polar surface area (TPSA) is 86.5 Å². The third kappa shape index (κ3) is 3.16. The second-order valence-electron chi connectivity index (χ2n) is 9.36. The van der Waals surface area contributed by atoms with Crippen LogP contribution in [0, 0.1) is 27.4 Å². The normalized spacial score (nSPS) is 28.9. The molecule has 0 aromatic heterocycles. The van der Waals surface area contributed by atoms with E-state index in [1.165, 1.54) is 29.3 Å². The van der Waals surface area contributed by atoms with E-state index in [0.717, 1.165) is 38.5 Å². The summed E-state index contributed by atoms with van der Waals surface area (Å²) in [6, 6.07) is 11.6. The molecule has 6 nitrogen and oxygen atoms in total. The second-order valence-corrected chi connectivity index (χ2v) is 9.36. The predicted molar refractivity (Wildman–Crippen MR) is 114 cm³/mol. The van der Waals surface area contributed by atoms with Crippen LogP contribution in [0.5, 0.6) is 5.75 Å². The monoisotopic (exact) mass is 419 g/mol. The van der Waals surface area contributed by atoms with E-state index in [-0.39, 0.29) is 16.7 Å². The standard InChI is InChI=1S/C25H25NO5/c1-25-13-12-18-17-9-7-16(31-24(28)20-4-2-3-5-22(20)26(29)30)14-15(17)6-8-19(18)21(25)10-11-23(25)27/h2-5,7,9,14,18-19,21H,6,8,10-13H2,1H3/t18-,19-,21+,25+/m1/s1. The lowest BCUT2D eigenvalue weighted by Crippen LogP contribution is -2.42. The van der Waals surface area contributed by atoms with Gasteiger partial charge in [-0.25, -0.2) is 4.79 Å². The zero-order valence-electron chi connectivity index (χ0n) is 17.5. The third-order valence-electron chi connectivity index (χ3n) is 7.94. The Kier molecular flexibility index (Phi) is 4.68. The van der Waals surface area contributed by atoms with E-state index in [1.54, 1.807) is 12.1 Å². The van der Waals surface area contributed by atoms with Gasteiger partial charge in [0.2, 0.25) is 0 Å². The number of benzene rings is 2. The van der Waals surface area contributed by atoms with Gasteiger partial charge in [-0.2, -0.15) is 0 Å². The van der Waals surface area contributed by atoms with Crippen molar-refractivity contribution in [3.63, 3.8) is 0 Å². The smallest absolute Gasteiger partial charge is 0.350 e. The van der Waals surface area contributed by atoms with Gasteiger partial charge in [-0.15, -0.1) is 0 Å². The van der Waals surface area contributed by atoms with Crippen molar-refractivity contribution >= 4 is 17.4 Å². The molecule has 0 bridgehead atoms. The van der Waals surface area contributed by atoms with Crippen LogP contribution in [0.4, 0.5) is 5.69 Å². The molecule has 0 radical (unpaired) electrons. The lowest BCUT2D eigenvalue weighted by Gasteiger charge is -2.48. The van der Waals surface area contributed by atoms with Gasteiger partial charge in [0.1, 0.15) is 17.1 Å². The molecule has 0 amide bonds. The first kappa shape index (κ1) is 19.9. The van der Waals surface area contributed by atoms with Crippen molar-refractivity contribution in [2.24, 2.45) is 17.3 Å². The summed E-state index contributed by atoms with van der Waals surface area (Å²) in [5, 5.41) is 11.2. The van der Waals surface area contributed by atoms with Crippen LogP contribution in [0.1, 0.15) is 66.4 Å². The van der Waals surface area contributed by atoms with Gasteiger partial charge in [-0.05, 0) is 79.2 Å². The fraction of sp³-hybridized carbons (Fsp3) is 0.440. The van der Waals surface area contributed by atoms with Crippen molar-refractivity contribution < 1.29 is 19.2 Å². The van der Waals surface area contributed by atoms with Gasteiger partial charge in [0.15, 0.2) is 0 Å². The third-order valence-corrected chi connectivity index (χ3v) is 7.94. The summed E-state index contributed by atoms with van der Waals surface area (Å²) < 4.78 is 5.50. The Labute approximate surface area is 180 Å². The average molecular weight is 419 g/mol. The SMILES string of the molecule is C[C@]12CC[C@@H]3c4ccc(OC(=O)c5ccccc5[N+](=O)[O-])cc4CC[C@H]3[C@@H]1CCC2=O. The van der Waals surface area contributed by atoms with Gasteiger partial charge in [0.25, 0.3) is 5.69 Å². The number of ether oxygens (including phenoxy) is 1. The molecule has 31 heavy (non-hydrogen) atoms. The van der Waals surface area contributed by atoms with E-state index >= 15 is 0 Å². The number of hydrogen-bond acceptors (Lipinski definition) is 5. The van der Waals surface area contributed by atoms with Crippen LogP contribution in [0.15, 0.2) is 42.5 Å². The number of ketones is 1. The highest BCUT2D eigenvalue weighted by Gasteiger charge is 2.54. The molecule has 0 aliphatic heterocycles. The van der Waals surface area contributed by atoms with Crippen molar-refractivity contribution in [1.82, 2.24) is 0 Å². The number of rotatable bonds is 3. The van der Waals surface area contributed by atoms with E-state index in [1.807, 2.05) is 12.1 Å². The van der Waals surface area contributed by atoms with Crippen molar-refractivity contribution in [3.8, 4) is 5.75 Å². The molecule has 6 heteroatoms. The summed E-state index contributed by atoms with van der Waals surface area (Å²) in [5.74, 6) is 1.60. The molecule has 0 spiro atoms. The van der Waals surface area contributed by atoms with E-state index in [4.69, 9.17) is 4.74 Å². The fourth-order valence-electron chi connectivity index (χ4n) is 6.36. The second kappa shape index (κ2) is 7.29. The van der Waals surface area contributed by atoms with Crippen LogP contribution in [0.2, 0.25) is 0 Å². The fourth-order valence-corrected chi connectivity index (χ4v) is 6.36. The maximum Gasteiger partial charge on any atom is 0.350 e. The number of hydrogen-bond donors (Lipinski definition) is 0. The lowest BCUT2D eigenvalue weighted by atomic mass is 9.55.